The predicted molar refractivity (Wildman–Crippen MR) is 55.7 cm³/mol. The predicted octanol–water partition coefficient (Wildman–Crippen LogP) is 1.81. The molecule has 0 spiro atoms. The normalized spacial score (nSPS) is 20.5. The lowest BCUT2D eigenvalue weighted by molar-refractivity contribution is 0.103. The van der Waals surface area contributed by atoms with Crippen molar-refractivity contribution in [3.63, 3.8) is 0 Å². The Kier molecular flexibility index (Phi) is 2.00. The van der Waals surface area contributed by atoms with Crippen LogP contribution in [-0.2, 0) is 0 Å². The van der Waals surface area contributed by atoms with Gasteiger partial charge in [0.2, 0.25) is 0 Å². The molecule has 1 aliphatic rings. The Morgan fingerprint density at radius 2 is 2.21 bits per heavy atom. The number of hydrogen-bond donors (Lipinski definition) is 2. The summed E-state index contributed by atoms with van der Waals surface area (Å²) in [6, 6.07) is 1.89. The van der Waals surface area contributed by atoms with E-state index in [4.69, 9.17) is 5.73 Å². The second kappa shape index (κ2) is 2.95. The van der Waals surface area contributed by atoms with Crippen LogP contribution in [-0.4, -0.2) is 10.1 Å². The number of nitrogens with two attached hydrogens (primary N) is 1. The smallest absolute Gasteiger partial charge is 0.129 e. The standard InChI is InChI=1S/C11H16N2O/c1-7-3-6-13-10(12)8(7)9(14)11(2)4-5-11/h3,6,9,14H,4-5H2,1-2H3,(H2,12,13). The first-order valence-electron chi connectivity index (χ1n) is 4.94. The van der Waals surface area contributed by atoms with Gasteiger partial charge in [-0.05, 0) is 36.8 Å². The Balaban J connectivity index is 2.40. The van der Waals surface area contributed by atoms with Gasteiger partial charge in [-0.15, -0.1) is 0 Å². The summed E-state index contributed by atoms with van der Waals surface area (Å²) in [5.74, 6) is 0.464. The van der Waals surface area contributed by atoms with Crippen LogP contribution in [0, 0.1) is 12.3 Å². The van der Waals surface area contributed by atoms with Gasteiger partial charge < -0.3 is 10.8 Å². The molecule has 0 radical (unpaired) electrons. The van der Waals surface area contributed by atoms with Gasteiger partial charge in [0.1, 0.15) is 5.82 Å². The molecule has 3 heteroatoms. The number of aliphatic hydroxyl groups excluding tert-OH is 1. The second-order valence-corrected chi connectivity index (χ2v) is 4.48. The molecular formula is C11H16N2O. The van der Waals surface area contributed by atoms with Gasteiger partial charge in [-0.1, -0.05) is 6.92 Å². The minimum absolute atomic E-state index is 0.0297. The van der Waals surface area contributed by atoms with Gasteiger partial charge in [0, 0.05) is 11.8 Å². The van der Waals surface area contributed by atoms with Crippen LogP contribution in [0.1, 0.15) is 37.0 Å². The zero-order valence-corrected chi connectivity index (χ0v) is 8.62. The SMILES string of the molecule is Cc1ccnc(N)c1C(O)C1(C)CC1. The number of rotatable bonds is 2. The fraction of sp³-hybridized carbons (Fsp3) is 0.545. The first-order valence-corrected chi connectivity index (χ1v) is 4.94. The van der Waals surface area contributed by atoms with E-state index in [-0.39, 0.29) is 5.41 Å². The highest BCUT2D eigenvalue weighted by Gasteiger charge is 2.45. The van der Waals surface area contributed by atoms with Crippen molar-refractivity contribution in [2.75, 3.05) is 5.73 Å². The molecule has 0 saturated heterocycles. The van der Waals surface area contributed by atoms with E-state index in [2.05, 4.69) is 11.9 Å². The molecule has 14 heavy (non-hydrogen) atoms. The lowest BCUT2D eigenvalue weighted by Gasteiger charge is -2.20. The summed E-state index contributed by atoms with van der Waals surface area (Å²) >= 11 is 0. The number of anilines is 1. The maximum Gasteiger partial charge on any atom is 0.129 e. The molecule has 0 aromatic carbocycles. The van der Waals surface area contributed by atoms with Crippen molar-refractivity contribution in [2.24, 2.45) is 5.41 Å². The summed E-state index contributed by atoms with van der Waals surface area (Å²) in [4.78, 5) is 4.02. The molecule has 1 atom stereocenters. The molecule has 3 N–H and O–H groups in total. The van der Waals surface area contributed by atoms with Crippen molar-refractivity contribution in [1.82, 2.24) is 4.98 Å². The largest absolute Gasteiger partial charge is 0.388 e. The van der Waals surface area contributed by atoms with Crippen molar-refractivity contribution >= 4 is 5.82 Å². The van der Waals surface area contributed by atoms with Crippen molar-refractivity contribution < 1.29 is 5.11 Å². The Labute approximate surface area is 84.0 Å². The first kappa shape index (κ1) is 9.46. The van der Waals surface area contributed by atoms with Crippen LogP contribution in [0.5, 0.6) is 0 Å². The third-order valence-electron chi connectivity index (χ3n) is 3.21. The number of aromatic nitrogens is 1. The third kappa shape index (κ3) is 1.38. The Bertz CT molecular complexity index is 338. The molecular weight excluding hydrogens is 176 g/mol. The van der Waals surface area contributed by atoms with E-state index in [1.54, 1.807) is 6.20 Å². The number of aryl methyl sites for hydroxylation is 1. The zero-order valence-electron chi connectivity index (χ0n) is 8.62. The van der Waals surface area contributed by atoms with Gasteiger partial charge in [-0.2, -0.15) is 0 Å². The molecule has 1 aliphatic carbocycles. The molecule has 2 rings (SSSR count). The quantitative estimate of drug-likeness (QED) is 0.751. The molecule has 0 amide bonds. The lowest BCUT2D eigenvalue weighted by atomic mass is 9.92. The molecule has 1 fully saturated rings. The average molecular weight is 192 g/mol. The fourth-order valence-corrected chi connectivity index (χ4v) is 1.77. The van der Waals surface area contributed by atoms with E-state index in [0.717, 1.165) is 24.0 Å². The minimum Gasteiger partial charge on any atom is -0.388 e. The van der Waals surface area contributed by atoms with E-state index >= 15 is 0 Å². The van der Waals surface area contributed by atoms with E-state index in [1.165, 1.54) is 0 Å². The molecule has 76 valence electrons. The Morgan fingerprint density at radius 1 is 1.57 bits per heavy atom. The third-order valence-corrected chi connectivity index (χ3v) is 3.21. The number of hydrogen-bond acceptors (Lipinski definition) is 3. The number of pyridine rings is 1. The molecule has 1 unspecified atom stereocenters. The van der Waals surface area contributed by atoms with Crippen molar-refractivity contribution in [3.05, 3.63) is 23.4 Å². The minimum atomic E-state index is -0.462. The van der Waals surface area contributed by atoms with Crippen LogP contribution in [0.3, 0.4) is 0 Å². The van der Waals surface area contributed by atoms with Gasteiger partial charge in [0.15, 0.2) is 0 Å². The summed E-state index contributed by atoms with van der Waals surface area (Å²) in [6.45, 7) is 4.05. The van der Waals surface area contributed by atoms with E-state index in [1.807, 2.05) is 13.0 Å². The van der Waals surface area contributed by atoms with Crippen molar-refractivity contribution in [2.45, 2.75) is 32.8 Å². The Hall–Kier alpha value is -1.09. The summed E-state index contributed by atoms with van der Waals surface area (Å²) in [5.41, 5.74) is 7.64. The molecule has 1 aromatic heterocycles. The average Bonchev–Trinajstić information content (AvgIpc) is 2.84. The highest BCUT2D eigenvalue weighted by atomic mass is 16.3. The van der Waals surface area contributed by atoms with Crippen LogP contribution >= 0.6 is 0 Å². The van der Waals surface area contributed by atoms with Gasteiger partial charge >= 0.3 is 0 Å². The first-order chi connectivity index (χ1) is 6.54. The van der Waals surface area contributed by atoms with Gasteiger partial charge in [-0.3, -0.25) is 0 Å². The maximum absolute atomic E-state index is 10.2. The fourth-order valence-electron chi connectivity index (χ4n) is 1.77. The summed E-state index contributed by atoms with van der Waals surface area (Å²) in [7, 11) is 0. The van der Waals surface area contributed by atoms with Crippen LogP contribution in [0.4, 0.5) is 5.82 Å². The van der Waals surface area contributed by atoms with Crippen molar-refractivity contribution in [3.8, 4) is 0 Å². The molecule has 0 bridgehead atoms. The van der Waals surface area contributed by atoms with Crippen LogP contribution < -0.4 is 5.73 Å². The van der Waals surface area contributed by atoms with Crippen molar-refractivity contribution in [1.29, 1.82) is 0 Å². The Morgan fingerprint density at radius 3 is 2.71 bits per heavy atom. The molecule has 0 aliphatic heterocycles. The highest BCUT2D eigenvalue weighted by Crippen LogP contribution is 2.55. The monoisotopic (exact) mass is 192 g/mol. The zero-order chi connectivity index (χ0) is 10.3. The summed E-state index contributed by atoms with van der Waals surface area (Å²) in [6.07, 6.45) is 3.36. The van der Waals surface area contributed by atoms with Gasteiger partial charge in [0.05, 0.1) is 6.10 Å². The lowest BCUT2D eigenvalue weighted by Crippen LogP contribution is -2.14. The van der Waals surface area contributed by atoms with E-state index in [0.29, 0.717) is 5.82 Å². The summed E-state index contributed by atoms with van der Waals surface area (Å²) in [5, 5.41) is 10.2. The molecule has 1 saturated carbocycles. The van der Waals surface area contributed by atoms with E-state index < -0.39 is 6.10 Å². The van der Waals surface area contributed by atoms with Crippen LogP contribution in [0.25, 0.3) is 0 Å². The topological polar surface area (TPSA) is 59.1 Å². The van der Waals surface area contributed by atoms with Crippen LogP contribution in [0.15, 0.2) is 12.3 Å². The highest BCUT2D eigenvalue weighted by molar-refractivity contribution is 5.46. The number of aliphatic hydroxyl groups is 1. The van der Waals surface area contributed by atoms with Gasteiger partial charge in [-0.25, -0.2) is 4.98 Å². The van der Waals surface area contributed by atoms with Crippen LogP contribution in [0.2, 0.25) is 0 Å². The number of nitrogen functional groups attached to an aromatic ring is 1. The van der Waals surface area contributed by atoms with E-state index in [9.17, 15) is 5.11 Å². The molecule has 1 heterocycles. The number of nitrogens with zero attached hydrogens (tertiary/aromatic N) is 1. The molecule has 1 aromatic rings. The summed E-state index contributed by atoms with van der Waals surface area (Å²) < 4.78 is 0. The van der Waals surface area contributed by atoms with Gasteiger partial charge in [0.25, 0.3) is 0 Å². The second-order valence-electron chi connectivity index (χ2n) is 4.48. The molecule has 3 nitrogen and oxygen atoms in total. The maximum atomic E-state index is 10.2.